The number of carbonyl (C=O) groups is 2. The minimum atomic E-state index is -4.88. The maximum absolute atomic E-state index is 13.5. The number of aromatic nitrogens is 1. The fourth-order valence-electron chi connectivity index (χ4n) is 5.77. The molecule has 1 aromatic heterocycles. The lowest BCUT2D eigenvalue weighted by atomic mass is 9.77. The number of aliphatic carboxylic acids is 1. The molecule has 0 aliphatic heterocycles. The van der Waals surface area contributed by atoms with Gasteiger partial charge in [0.25, 0.3) is 11.4 Å². The molecule has 1 fully saturated rings. The molecule has 0 atom stereocenters. The molecule has 1 aliphatic carbocycles. The molecule has 1 heterocycles. The van der Waals surface area contributed by atoms with Gasteiger partial charge in [0, 0.05) is 29.8 Å². The molecular formula is C32H28F4N2O4. The standard InChI is InChI=1S/C32H28F4N2O4/c1-18-14-26(31(41)37-28-13-11-24(33)17-27(28)32(34,35)36)25-12-10-23(16-29(25)38(18)42)22-8-6-21(7-9-22)20-4-2-19(3-5-20)15-30(39)40/h6-14,16-17,19-20H,2-5,15H2,1H3,(H2-,37,39,40,41,42). The number of hydrogen-bond donors (Lipinski definition) is 2. The molecule has 1 aliphatic rings. The third-order valence-electron chi connectivity index (χ3n) is 8.00. The van der Waals surface area contributed by atoms with Crippen LogP contribution in [0.4, 0.5) is 23.2 Å². The summed E-state index contributed by atoms with van der Waals surface area (Å²) in [6.07, 6.45) is -1.28. The summed E-state index contributed by atoms with van der Waals surface area (Å²) in [4.78, 5) is 24.1. The van der Waals surface area contributed by atoms with Gasteiger partial charge in [-0.3, -0.25) is 10.0 Å². The van der Waals surface area contributed by atoms with Gasteiger partial charge in [0.05, 0.1) is 22.2 Å². The van der Waals surface area contributed by atoms with Crippen molar-refractivity contribution in [2.45, 2.75) is 51.1 Å². The highest BCUT2D eigenvalue weighted by atomic mass is 19.4. The van der Waals surface area contributed by atoms with Crippen LogP contribution < -0.4 is 15.2 Å². The van der Waals surface area contributed by atoms with E-state index < -0.39 is 35.1 Å². The number of pyridine rings is 1. The van der Waals surface area contributed by atoms with Crippen LogP contribution in [-0.2, 0) is 11.0 Å². The third-order valence-corrected chi connectivity index (χ3v) is 8.00. The Balaban J connectivity index is 1.41. The summed E-state index contributed by atoms with van der Waals surface area (Å²) in [5.41, 5.74) is 1.50. The van der Waals surface area contributed by atoms with Crippen molar-refractivity contribution in [2.24, 2.45) is 5.92 Å². The minimum absolute atomic E-state index is 0.0430. The van der Waals surface area contributed by atoms with Gasteiger partial charge in [-0.25, -0.2) is 4.39 Å². The largest absolute Gasteiger partial charge is 0.550 e. The number of carbonyl (C=O) groups excluding carboxylic acids is 2. The van der Waals surface area contributed by atoms with Gasteiger partial charge in [-0.2, -0.15) is 13.2 Å². The summed E-state index contributed by atoms with van der Waals surface area (Å²) in [5.74, 6) is -2.42. The van der Waals surface area contributed by atoms with Crippen LogP contribution in [0.1, 0.15) is 65.2 Å². The number of aryl methyl sites for hydroxylation is 1. The second-order valence-corrected chi connectivity index (χ2v) is 10.8. The van der Waals surface area contributed by atoms with Crippen LogP contribution in [0.25, 0.3) is 22.0 Å². The number of hydrogen-bond acceptors (Lipinski definition) is 4. The van der Waals surface area contributed by atoms with Crippen molar-refractivity contribution in [3.63, 3.8) is 0 Å². The molecule has 1 amide bonds. The average molecular weight is 581 g/mol. The van der Waals surface area contributed by atoms with Gasteiger partial charge in [0.1, 0.15) is 5.82 Å². The Kier molecular flexibility index (Phi) is 7.90. The molecule has 42 heavy (non-hydrogen) atoms. The Bertz CT molecular complexity index is 1660. The van der Waals surface area contributed by atoms with E-state index in [-0.39, 0.29) is 29.1 Å². The Morgan fingerprint density at radius 2 is 1.62 bits per heavy atom. The van der Waals surface area contributed by atoms with Gasteiger partial charge < -0.3 is 15.2 Å². The van der Waals surface area contributed by atoms with Crippen LogP contribution in [0.3, 0.4) is 0 Å². The highest BCUT2D eigenvalue weighted by Crippen LogP contribution is 2.38. The van der Waals surface area contributed by atoms with Gasteiger partial charge in [-0.15, -0.1) is 0 Å². The van der Waals surface area contributed by atoms with Gasteiger partial charge in [-0.05, 0) is 84.9 Å². The van der Waals surface area contributed by atoms with Crippen LogP contribution in [0, 0.1) is 18.7 Å². The number of nitrogens with zero attached hydrogens (tertiary/aromatic N) is 1. The molecule has 0 unspecified atom stereocenters. The van der Waals surface area contributed by atoms with Crippen LogP contribution in [0.15, 0.2) is 66.7 Å². The number of benzene rings is 3. The van der Waals surface area contributed by atoms with E-state index in [4.69, 9.17) is 0 Å². The SMILES string of the molecule is Cc1cc(C(=O)Nc2ccc(F)cc2C(F)(F)F)c2ccc(-c3ccc(C4CCC(CC(=O)[O-])CC4)cc3)cc2[n+]1O. The first kappa shape index (κ1) is 29.0. The minimum Gasteiger partial charge on any atom is -0.550 e. The van der Waals surface area contributed by atoms with Gasteiger partial charge >= 0.3 is 6.18 Å². The topological polar surface area (TPSA) is 93.3 Å². The van der Waals surface area contributed by atoms with E-state index in [0.29, 0.717) is 17.4 Å². The molecule has 10 heteroatoms. The number of fused-ring (bicyclic) bond motifs is 1. The monoisotopic (exact) mass is 580 g/mol. The summed E-state index contributed by atoms with van der Waals surface area (Å²) >= 11 is 0. The zero-order valence-corrected chi connectivity index (χ0v) is 22.7. The molecule has 218 valence electrons. The number of alkyl halides is 3. The van der Waals surface area contributed by atoms with E-state index in [1.807, 2.05) is 24.3 Å². The lowest BCUT2D eigenvalue weighted by molar-refractivity contribution is -0.888. The quantitative estimate of drug-likeness (QED) is 0.162. The second kappa shape index (κ2) is 11.4. The van der Waals surface area contributed by atoms with E-state index in [0.717, 1.165) is 59.2 Å². The maximum Gasteiger partial charge on any atom is 0.418 e. The summed E-state index contributed by atoms with van der Waals surface area (Å²) < 4.78 is 54.8. The predicted octanol–water partition coefficient (Wildman–Crippen LogP) is 6.16. The van der Waals surface area contributed by atoms with E-state index in [9.17, 15) is 37.5 Å². The first-order chi connectivity index (χ1) is 19.9. The van der Waals surface area contributed by atoms with Gasteiger partial charge in [0.2, 0.25) is 5.69 Å². The smallest absolute Gasteiger partial charge is 0.418 e. The van der Waals surface area contributed by atoms with Crippen molar-refractivity contribution in [1.29, 1.82) is 0 Å². The molecule has 4 aromatic rings. The van der Waals surface area contributed by atoms with Crippen LogP contribution in [0.2, 0.25) is 0 Å². The fraction of sp³-hybridized carbons (Fsp3) is 0.281. The van der Waals surface area contributed by atoms with Gasteiger partial charge in [-0.1, -0.05) is 30.3 Å². The van der Waals surface area contributed by atoms with E-state index in [1.54, 1.807) is 25.1 Å². The Morgan fingerprint density at radius 1 is 0.952 bits per heavy atom. The number of amides is 1. The zero-order valence-electron chi connectivity index (χ0n) is 22.7. The summed E-state index contributed by atoms with van der Waals surface area (Å²) in [7, 11) is 0. The Morgan fingerprint density at radius 3 is 2.26 bits per heavy atom. The summed E-state index contributed by atoms with van der Waals surface area (Å²) in [6, 6.07) is 16.4. The fourth-order valence-corrected chi connectivity index (χ4v) is 5.77. The van der Waals surface area contributed by atoms with Crippen molar-refractivity contribution in [3.8, 4) is 11.1 Å². The van der Waals surface area contributed by atoms with Crippen LogP contribution >= 0.6 is 0 Å². The highest BCUT2D eigenvalue weighted by molar-refractivity contribution is 6.12. The normalized spacial score (nSPS) is 17.3. The van der Waals surface area contributed by atoms with Crippen molar-refractivity contribution in [1.82, 2.24) is 0 Å². The van der Waals surface area contributed by atoms with E-state index in [2.05, 4.69) is 5.32 Å². The van der Waals surface area contributed by atoms with E-state index in [1.165, 1.54) is 6.07 Å². The Hall–Kier alpha value is -4.47. The molecule has 0 saturated heterocycles. The maximum atomic E-state index is 13.5. The first-order valence-electron chi connectivity index (χ1n) is 13.6. The predicted molar refractivity (Wildman–Crippen MR) is 145 cm³/mol. The van der Waals surface area contributed by atoms with Crippen LogP contribution in [0.5, 0.6) is 0 Å². The number of halogens is 4. The molecule has 2 N–H and O–H groups in total. The number of nitrogens with one attached hydrogen (secondary N) is 1. The van der Waals surface area contributed by atoms with Crippen molar-refractivity contribution in [3.05, 3.63) is 94.9 Å². The van der Waals surface area contributed by atoms with Crippen molar-refractivity contribution >= 4 is 28.5 Å². The number of rotatable bonds is 6. The zero-order chi connectivity index (χ0) is 30.2. The highest BCUT2D eigenvalue weighted by Gasteiger charge is 2.35. The molecule has 0 bridgehead atoms. The van der Waals surface area contributed by atoms with E-state index >= 15 is 0 Å². The molecule has 6 nitrogen and oxygen atoms in total. The number of carboxylic acids is 1. The summed E-state index contributed by atoms with van der Waals surface area (Å²) in [5, 5.41) is 24.2. The molecular weight excluding hydrogens is 552 g/mol. The molecule has 1 saturated carbocycles. The van der Waals surface area contributed by atoms with Crippen LogP contribution in [-0.4, -0.2) is 17.1 Å². The first-order valence-corrected chi connectivity index (χ1v) is 13.6. The lowest BCUT2D eigenvalue weighted by Gasteiger charge is -2.29. The van der Waals surface area contributed by atoms with Crippen molar-refractivity contribution < 1.29 is 42.2 Å². The van der Waals surface area contributed by atoms with Crippen molar-refractivity contribution in [2.75, 3.05) is 5.32 Å². The molecule has 5 rings (SSSR count). The molecule has 0 spiro atoms. The number of carboxylic acid groups (broad SMARTS) is 1. The number of anilines is 1. The lowest BCUT2D eigenvalue weighted by Crippen LogP contribution is -2.35. The molecule has 3 aromatic carbocycles. The Labute approximate surface area is 239 Å². The average Bonchev–Trinajstić information content (AvgIpc) is 2.95. The molecule has 0 radical (unpaired) electrons. The summed E-state index contributed by atoms with van der Waals surface area (Å²) in [6.45, 7) is 1.55. The van der Waals surface area contributed by atoms with Gasteiger partial charge in [0.15, 0.2) is 0 Å². The second-order valence-electron chi connectivity index (χ2n) is 10.8. The third kappa shape index (κ3) is 6.07.